The average molecular weight is 396 g/mol. The minimum Gasteiger partial charge on any atom is -0.355 e. The zero-order chi connectivity index (χ0) is 20.6. The number of amides is 1. The Labute approximate surface area is 178 Å². The first-order chi connectivity index (χ1) is 14.6. The first-order valence-corrected chi connectivity index (χ1v) is 10.7. The van der Waals surface area contributed by atoms with Gasteiger partial charge in [0.2, 0.25) is 5.91 Å². The summed E-state index contributed by atoms with van der Waals surface area (Å²) >= 11 is 0. The van der Waals surface area contributed by atoms with Gasteiger partial charge in [0.25, 0.3) is 0 Å². The highest BCUT2D eigenvalue weighted by atomic mass is 16.2. The summed E-state index contributed by atoms with van der Waals surface area (Å²) in [5.74, 6) is 1.20. The highest BCUT2D eigenvalue weighted by Gasteiger charge is 2.45. The van der Waals surface area contributed by atoms with Crippen molar-refractivity contribution in [2.75, 3.05) is 24.5 Å². The molecular weight excluding hydrogens is 371 g/mol. The lowest BCUT2D eigenvalue weighted by molar-refractivity contribution is -0.148. The van der Waals surface area contributed by atoms with E-state index in [1.54, 1.807) is 0 Å². The minimum atomic E-state index is -0.247. The maximum absolute atomic E-state index is 13.5. The van der Waals surface area contributed by atoms with E-state index < -0.39 is 0 Å². The topological polar surface area (TPSA) is 49.3 Å². The fourth-order valence-corrected chi connectivity index (χ4v) is 4.91. The first-order valence-electron chi connectivity index (χ1n) is 10.7. The number of hydrogen-bond acceptors (Lipinski definition) is 4. The molecule has 2 aromatic carbocycles. The molecule has 0 unspecified atom stereocenters. The van der Waals surface area contributed by atoms with Crippen molar-refractivity contribution in [2.24, 2.45) is 5.41 Å². The molecule has 3 heterocycles. The van der Waals surface area contributed by atoms with Gasteiger partial charge in [-0.25, -0.2) is 4.98 Å². The fourth-order valence-electron chi connectivity index (χ4n) is 4.91. The van der Waals surface area contributed by atoms with Gasteiger partial charge in [0.15, 0.2) is 0 Å². The van der Waals surface area contributed by atoms with E-state index in [2.05, 4.69) is 9.88 Å². The van der Waals surface area contributed by atoms with Crippen LogP contribution < -0.4 is 10.4 Å². The zero-order valence-electron chi connectivity index (χ0n) is 17.1. The van der Waals surface area contributed by atoms with Gasteiger partial charge in [-0.2, -0.15) is 0 Å². The number of piperidine rings is 2. The van der Waals surface area contributed by atoms with Crippen molar-refractivity contribution in [1.82, 2.24) is 14.9 Å². The molecule has 6 heteroatoms. The summed E-state index contributed by atoms with van der Waals surface area (Å²) in [6.07, 6.45) is 5.60. The SMILES string of the molecule is [B]c1ccccc1CN1CCCC2(CCN(c3cnc4ccccc4n3)CC2)C1=O. The monoisotopic (exact) mass is 396 g/mol. The summed E-state index contributed by atoms with van der Waals surface area (Å²) in [4.78, 5) is 27.1. The number of fused-ring (bicyclic) bond motifs is 1. The van der Waals surface area contributed by atoms with Crippen LogP contribution in [-0.2, 0) is 11.3 Å². The third-order valence-electron chi connectivity index (χ3n) is 6.72. The van der Waals surface area contributed by atoms with Crippen molar-refractivity contribution < 1.29 is 4.79 Å². The third-order valence-corrected chi connectivity index (χ3v) is 6.72. The Morgan fingerprint density at radius 3 is 2.47 bits per heavy atom. The predicted octanol–water partition coefficient (Wildman–Crippen LogP) is 2.83. The van der Waals surface area contributed by atoms with E-state index in [4.69, 9.17) is 12.8 Å². The lowest BCUT2D eigenvalue weighted by Gasteiger charge is -2.46. The quantitative estimate of drug-likeness (QED) is 0.639. The van der Waals surface area contributed by atoms with Crippen LogP contribution in [0, 0.1) is 5.41 Å². The van der Waals surface area contributed by atoms with E-state index >= 15 is 0 Å². The number of carbonyl (C=O) groups is 1. The molecular formula is C24H25BN4O. The normalized spacial score (nSPS) is 18.9. The highest BCUT2D eigenvalue weighted by molar-refractivity contribution is 6.33. The van der Waals surface area contributed by atoms with E-state index in [0.29, 0.717) is 12.5 Å². The number of hydrogen-bond donors (Lipinski definition) is 0. The van der Waals surface area contributed by atoms with E-state index in [1.807, 2.05) is 59.6 Å². The number of carbonyl (C=O) groups excluding carboxylic acids is 1. The Morgan fingerprint density at radius 2 is 1.67 bits per heavy atom. The maximum atomic E-state index is 13.5. The van der Waals surface area contributed by atoms with Crippen LogP contribution in [0.2, 0.25) is 0 Å². The van der Waals surface area contributed by atoms with Crippen molar-refractivity contribution in [3.05, 3.63) is 60.3 Å². The van der Waals surface area contributed by atoms with Gasteiger partial charge in [0.05, 0.1) is 22.6 Å². The van der Waals surface area contributed by atoms with Gasteiger partial charge in [-0.1, -0.05) is 41.9 Å². The maximum Gasteiger partial charge on any atom is 0.229 e. The van der Waals surface area contributed by atoms with Crippen LogP contribution in [0.5, 0.6) is 0 Å². The number of likely N-dealkylation sites (tertiary alicyclic amines) is 1. The van der Waals surface area contributed by atoms with Crippen molar-refractivity contribution in [3.63, 3.8) is 0 Å². The zero-order valence-corrected chi connectivity index (χ0v) is 17.1. The summed E-state index contributed by atoms with van der Waals surface area (Å²) in [6.45, 7) is 3.09. The molecule has 150 valence electrons. The molecule has 5 rings (SSSR count). The van der Waals surface area contributed by atoms with Crippen LogP contribution in [0.25, 0.3) is 11.0 Å². The van der Waals surface area contributed by atoms with Crippen LogP contribution in [0.3, 0.4) is 0 Å². The van der Waals surface area contributed by atoms with Gasteiger partial charge in [-0.3, -0.25) is 9.78 Å². The molecule has 1 amide bonds. The molecule has 0 bridgehead atoms. The van der Waals surface area contributed by atoms with Crippen molar-refractivity contribution in [3.8, 4) is 0 Å². The molecule has 2 aliphatic rings. The molecule has 2 saturated heterocycles. The minimum absolute atomic E-state index is 0.247. The van der Waals surface area contributed by atoms with Crippen molar-refractivity contribution in [1.29, 1.82) is 0 Å². The number of nitrogens with zero attached hydrogens (tertiary/aromatic N) is 4. The van der Waals surface area contributed by atoms with E-state index in [9.17, 15) is 4.79 Å². The second kappa shape index (κ2) is 7.75. The lowest BCUT2D eigenvalue weighted by atomic mass is 9.71. The number of anilines is 1. The molecule has 0 atom stereocenters. The Hall–Kier alpha value is -2.89. The standard InChI is InChI=1S/C24H25BN4O/c25-19-7-2-1-6-18(19)17-29-13-5-10-24(23(29)30)11-14-28(15-12-24)22-16-26-20-8-3-4-9-21(20)27-22/h1-4,6-9,16H,5,10-15,17H2. The van der Waals surface area contributed by atoms with Crippen LogP contribution in [0.4, 0.5) is 5.82 Å². The Kier molecular flexibility index (Phi) is 4.93. The average Bonchev–Trinajstić information content (AvgIpc) is 2.79. The van der Waals surface area contributed by atoms with Crippen LogP contribution >= 0.6 is 0 Å². The molecule has 30 heavy (non-hydrogen) atoms. The molecule has 2 fully saturated rings. The van der Waals surface area contributed by atoms with E-state index in [0.717, 1.165) is 73.2 Å². The summed E-state index contributed by atoms with van der Waals surface area (Å²) in [7, 11) is 6.12. The fraction of sp³-hybridized carbons (Fsp3) is 0.375. The van der Waals surface area contributed by atoms with Gasteiger partial charge in [-0.05, 0) is 43.4 Å². The number of rotatable bonds is 3. The summed E-state index contributed by atoms with van der Waals surface area (Å²) < 4.78 is 0. The Bertz CT molecular complexity index is 1080. The van der Waals surface area contributed by atoms with Crippen LogP contribution in [0.1, 0.15) is 31.2 Å². The molecule has 2 radical (unpaired) electrons. The van der Waals surface area contributed by atoms with Gasteiger partial charge in [0, 0.05) is 26.2 Å². The molecule has 1 spiro atoms. The molecule has 5 nitrogen and oxygen atoms in total. The first kappa shape index (κ1) is 19.1. The highest BCUT2D eigenvalue weighted by Crippen LogP contribution is 2.42. The molecule has 3 aromatic rings. The van der Waals surface area contributed by atoms with Crippen molar-refractivity contribution >= 4 is 36.1 Å². The number of benzene rings is 2. The largest absolute Gasteiger partial charge is 0.355 e. The molecule has 0 N–H and O–H groups in total. The van der Waals surface area contributed by atoms with Crippen LogP contribution in [0.15, 0.2) is 54.7 Å². The molecule has 0 aliphatic carbocycles. The van der Waals surface area contributed by atoms with Gasteiger partial charge in [-0.15, -0.1) is 0 Å². The smallest absolute Gasteiger partial charge is 0.229 e. The van der Waals surface area contributed by atoms with Crippen LogP contribution in [-0.4, -0.2) is 48.3 Å². The lowest BCUT2D eigenvalue weighted by Crippen LogP contribution is -2.53. The summed E-state index contributed by atoms with van der Waals surface area (Å²) in [5.41, 5.74) is 3.37. The number of para-hydroxylation sites is 2. The van der Waals surface area contributed by atoms with Crippen molar-refractivity contribution in [2.45, 2.75) is 32.2 Å². The third kappa shape index (κ3) is 3.44. The van der Waals surface area contributed by atoms with Gasteiger partial charge >= 0.3 is 0 Å². The molecule has 2 aliphatic heterocycles. The van der Waals surface area contributed by atoms with E-state index in [1.165, 1.54) is 0 Å². The Balaban J connectivity index is 1.30. The van der Waals surface area contributed by atoms with Gasteiger partial charge in [0.1, 0.15) is 13.7 Å². The molecule has 0 saturated carbocycles. The second-order valence-corrected chi connectivity index (χ2v) is 8.51. The van der Waals surface area contributed by atoms with Gasteiger partial charge < -0.3 is 9.80 Å². The van der Waals surface area contributed by atoms with E-state index in [-0.39, 0.29) is 5.41 Å². The second-order valence-electron chi connectivity index (χ2n) is 8.51. The Morgan fingerprint density at radius 1 is 0.933 bits per heavy atom. The predicted molar refractivity (Wildman–Crippen MR) is 120 cm³/mol. The number of aromatic nitrogens is 2. The molecule has 1 aromatic heterocycles. The summed E-state index contributed by atoms with van der Waals surface area (Å²) in [5, 5.41) is 0. The summed E-state index contributed by atoms with van der Waals surface area (Å²) in [6, 6.07) is 15.8.